The number of rotatable bonds is 6. The van der Waals surface area contributed by atoms with E-state index in [9.17, 15) is 9.59 Å². The number of aliphatic carboxylic acids is 1. The Bertz CT molecular complexity index is 471. The molecule has 0 spiro atoms. The molecule has 7 heteroatoms. The molecule has 0 saturated heterocycles. The first kappa shape index (κ1) is 23.3. The van der Waals surface area contributed by atoms with Crippen molar-refractivity contribution in [1.82, 2.24) is 4.57 Å². The molecule has 0 bridgehead atoms. The van der Waals surface area contributed by atoms with E-state index in [1.807, 2.05) is 19.3 Å². The van der Waals surface area contributed by atoms with Gasteiger partial charge in [0.15, 0.2) is 6.29 Å². The Balaban J connectivity index is 0.000000350. The molecule has 1 atom stereocenters. The lowest BCUT2D eigenvalue weighted by molar-refractivity contribution is -0.138. The molecule has 0 aliphatic heterocycles. The van der Waals surface area contributed by atoms with E-state index in [2.05, 4.69) is 0 Å². The number of hydrogen-bond acceptors (Lipinski definition) is 5. The highest BCUT2D eigenvalue weighted by molar-refractivity contribution is 5.73. The van der Waals surface area contributed by atoms with Crippen LogP contribution in [0.5, 0.6) is 0 Å². The molecule has 1 saturated carbocycles. The van der Waals surface area contributed by atoms with Crippen molar-refractivity contribution in [3.05, 3.63) is 24.0 Å². The number of carboxylic acid groups (broad SMARTS) is 1. The fourth-order valence-electron chi connectivity index (χ4n) is 2.36. The first-order valence-electron chi connectivity index (χ1n) is 8.92. The first-order chi connectivity index (χ1) is 11.9. The molecular weight excluding hydrogens is 320 g/mol. The van der Waals surface area contributed by atoms with Crippen molar-refractivity contribution in [1.29, 1.82) is 0 Å². The van der Waals surface area contributed by atoms with E-state index in [0.717, 1.165) is 19.1 Å². The van der Waals surface area contributed by atoms with Crippen molar-refractivity contribution in [2.24, 2.45) is 24.2 Å². The highest BCUT2D eigenvalue weighted by Gasteiger charge is 2.09. The number of aryl methyl sites for hydroxylation is 1. The number of carbonyl (C=O) groups is 2. The van der Waals surface area contributed by atoms with Crippen LogP contribution in [-0.4, -0.2) is 40.6 Å². The lowest BCUT2D eigenvalue weighted by atomic mass is 9.97. The van der Waals surface area contributed by atoms with Crippen LogP contribution in [0.25, 0.3) is 0 Å². The minimum Gasteiger partial charge on any atom is -0.480 e. The molecule has 0 aromatic carbocycles. The Hall–Kier alpha value is -1.70. The summed E-state index contributed by atoms with van der Waals surface area (Å²) >= 11 is 0. The third-order valence-corrected chi connectivity index (χ3v) is 4.04. The standard InChI is InChI=1S/C6H14N2O2.C6H7NO.C6H13N/c7-4-2-1-3-5(8)6(9)10;1-7-4-2-3-6(7)5-8;7-6-4-2-1-3-5-6/h5H,1-4,7-8H2,(H,9,10);2-5H,1H3;6H,1-5,7H2/t5-;;/m0../s1. The number of nitrogens with two attached hydrogens (primary N) is 3. The number of aromatic nitrogens is 1. The average molecular weight is 354 g/mol. The molecule has 0 unspecified atom stereocenters. The molecule has 7 N–H and O–H groups in total. The molecule has 1 fully saturated rings. The number of unbranched alkanes of at least 4 members (excludes halogenated alkanes) is 1. The van der Waals surface area contributed by atoms with E-state index < -0.39 is 12.0 Å². The van der Waals surface area contributed by atoms with Crippen molar-refractivity contribution >= 4 is 12.3 Å². The Kier molecular flexibility index (Phi) is 13.6. The third kappa shape index (κ3) is 12.3. The molecule has 7 nitrogen and oxygen atoms in total. The molecule has 1 aromatic heterocycles. The Morgan fingerprint density at radius 2 is 2.00 bits per heavy atom. The van der Waals surface area contributed by atoms with Gasteiger partial charge >= 0.3 is 5.97 Å². The third-order valence-electron chi connectivity index (χ3n) is 4.04. The van der Waals surface area contributed by atoms with E-state index in [1.165, 1.54) is 32.1 Å². The second-order valence-electron chi connectivity index (χ2n) is 6.29. The second kappa shape index (κ2) is 14.6. The fourth-order valence-corrected chi connectivity index (χ4v) is 2.36. The highest BCUT2D eigenvalue weighted by Crippen LogP contribution is 2.14. The molecule has 144 valence electrons. The monoisotopic (exact) mass is 354 g/mol. The van der Waals surface area contributed by atoms with Crippen molar-refractivity contribution in [3.63, 3.8) is 0 Å². The minimum atomic E-state index is -0.933. The van der Waals surface area contributed by atoms with Crippen LogP contribution in [0.1, 0.15) is 61.9 Å². The predicted octanol–water partition coefficient (Wildman–Crippen LogP) is 1.64. The summed E-state index contributed by atoms with van der Waals surface area (Å²) in [5.41, 5.74) is 16.8. The van der Waals surface area contributed by atoms with Crippen molar-refractivity contribution in [3.8, 4) is 0 Å². The molecular formula is C18H34N4O3. The first-order valence-corrected chi connectivity index (χ1v) is 8.92. The zero-order chi connectivity index (χ0) is 19.1. The Morgan fingerprint density at radius 1 is 1.36 bits per heavy atom. The number of nitrogens with zero attached hydrogens (tertiary/aromatic N) is 1. The molecule has 1 heterocycles. The van der Waals surface area contributed by atoms with Gasteiger partial charge in [-0.1, -0.05) is 25.7 Å². The highest BCUT2D eigenvalue weighted by atomic mass is 16.4. The van der Waals surface area contributed by atoms with E-state index in [1.54, 1.807) is 10.6 Å². The molecule has 25 heavy (non-hydrogen) atoms. The molecule has 1 aliphatic carbocycles. The van der Waals surface area contributed by atoms with Gasteiger partial charge in [0.05, 0.1) is 5.69 Å². The summed E-state index contributed by atoms with van der Waals surface area (Å²) in [7, 11) is 1.84. The van der Waals surface area contributed by atoms with Gasteiger partial charge in [0, 0.05) is 19.3 Å². The number of carbonyl (C=O) groups excluding carboxylic acids is 1. The van der Waals surface area contributed by atoms with Gasteiger partial charge in [0.2, 0.25) is 0 Å². The van der Waals surface area contributed by atoms with Gasteiger partial charge in [-0.15, -0.1) is 0 Å². The van der Waals surface area contributed by atoms with Crippen molar-refractivity contribution in [2.75, 3.05) is 6.54 Å². The van der Waals surface area contributed by atoms with Crippen LogP contribution in [0, 0.1) is 0 Å². The second-order valence-corrected chi connectivity index (χ2v) is 6.29. The molecule has 0 radical (unpaired) electrons. The van der Waals surface area contributed by atoms with Crippen LogP contribution in [0.4, 0.5) is 0 Å². The quantitative estimate of drug-likeness (QED) is 0.453. The van der Waals surface area contributed by atoms with Crippen LogP contribution < -0.4 is 17.2 Å². The summed E-state index contributed by atoms with van der Waals surface area (Å²) < 4.78 is 1.77. The van der Waals surface area contributed by atoms with Crippen LogP contribution in [-0.2, 0) is 11.8 Å². The average Bonchev–Trinajstić information content (AvgIpc) is 3.02. The van der Waals surface area contributed by atoms with E-state index in [0.29, 0.717) is 24.7 Å². The number of carboxylic acids is 1. The smallest absolute Gasteiger partial charge is 0.320 e. The van der Waals surface area contributed by atoms with Gasteiger partial charge in [-0.3, -0.25) is 9.59 Å². The van der Waals surface area contributed by atoms with Crippen LogP contribution in [0.2, 0.25) is 0 Å². The summed E-state index contributed by atoms with van der Waals surface area (Å²) in [6.07, 6.45) is 11.5. The molecule has 1 aromatic rings. The Labute approximate surface area is 150 Å². The van der Waals surface area contributed by atoms with Crippen molar-refractivity contribution < 1.29 is 14.7 Å². The molecule has 1 aliphatic rings. The lowest BCUT2D eigenvalue weighted by Gasteiger charge is -2.15. The van der Waals surface area contributed by atoms with E-state index >= 15 is 0 Å². The summed E-state index contributed by atoms with van der Waals surface area (Å²) in [6, 6.07) is 3.43. The number of aldehydes is 1. The zero-order valence-electron chi connectivity index (χ0n) is 15.3. The van der Waals surface area contributed by atoms with Crippen LogP contribution >= 0.6 is 0 Å². The van der Waals surface area contributed by atoms with Crippen LogP contribution in [0.3, 0.4) is 0 Å². The number of hydrogen-bond donors (Lipinski definition) is 4. The van der Waals surface area contributed by atoms with E-state index in [4.69, 9.17) is 22.3 Å². The van der Waals surface area contributed by atoms with Crippen LogP contribution in [0.15, 0.2) is 18.3 Å². The summed E-state index contributed by atoms with van der Waals surface area (Å²) in [6.45, 7) is 0.604. The zero-order valence-corrected chi connectivity index (χ0v) is 15.3. The van der Waals surface area contributed by atoms with Gasteiger partial charge in [-0.05, 0) is 44.4 Å². The topological polar surface area (TPSA) is 137 Å². The van der Waals surface area contributed by atoms with Gasteiger partial charge in [-0.2, -0.15) is 0 Å². The maximum Gasteiger partial charge on any atom is 0.320 e. The fraction of sp³-hybridized carbons (Fsp3) is 0.667. The Morgan fingerprint density at radius 3 is 2.32 bits per heavy atom. The van der Waals surface area contributed by atoms with Crippen molar-refractivity contribution in [2.45, 2.75) is 63.5 Å². The SMILES string of the molecule is Cn1cccc1C=O.NC1CCCCC1.NCCCC[C@H](N)C(=O)O. The van der Waals surface area contributed by atoms with Gasteiger partial charge in [0.1, 0.15) is 6.04 Å². The van der Waals surface area contributed by atoms with E-state index in [-0.39, 0.29) is 0 Å². The molecule has 0 amide bonds. The summed E-state index contributed by atoms with van der Waals surface area (Å²) in [5.74, 6) is -0.933. The largest absolute Gasteiger partial charge is 0.480 e. The predicted molar refractivity (Wildman–Crippen MR) is 100 cm³/mol. The molecule has 2 rings (SSSR count). The maximum absolute atomic E-state index is 10.1. The normalized spacial score (nSPS) is 15.2. The maximum atomic E-state index is 10.1. The lowest BCUT2D eigenvalue weighted by Crippen LogP contribution is -2.29. The van der Waals surface area contributed by atoms with Gasteiger partial charge in [0.25, 0.3) is 0 Å². The van der Waals surface area contributed by atoms with Gasteiger partial charge < -0.3 is 26.9 Å². The minimum absolute atomic E-state index is 0.520. The summed E-state index contributed by atoms with van der Waals surface area (Å²) in [5, 5.41) is 8.33. The summed E-state index contributed by atoms with van der Waals surface area (Å²) in [4.78, 5) is 20.2. The van der Waals surface area contributed by atoms with Gasteiger partial charge in [-0.25, -0.2) is 0 Å².